The summed E-state index contributed by atoms with van der Waals surface area (Å²) in [5.74, 6) is -0.471. The first-order valence-electron chi connectivity index (χ1n) is 6.44. The monoisotopic (exact) mass is 260 g/mol. The third-order valence-electron chi connectivity index (χ3n) is 3.84. The Hall–Kier alpha value is 0.0969. The Balaban J connectivity index is 2.52. The molecule has 0 bridgehead atoms. The standard InChI is InChI=1S/C13H28O3Si/c1-10-11(16-13(5,6)15-10)9-14-17(7,8)12(2,3)4/h10-11H,9H2,1-8H3/t10-,11+/m1/s1. The van der Waals surface area contributed by atoms with Crippen LogP contribution in [0.25, 0.3) is 0 Å². The fourth-order valence-electron chi connectivity index (χ4n) is 1.69. The van der Waals surface area contributed by atoms with E-state index in [0.717, 1.165) is 0 Å². The van der Waals surface area contributed by atoms with Crippen molar-refractivity contribution in [1.82, 2.24) is 0 Å². The smallest absolute Gasteiger partial charge is 0.192 e. The van der Waals surface area contributed by atoms with Gasteiger partial charge in [-0.05, 0) is 38.9 Å². The summed E-state index contributed by atoms with van der Waals surface area (Å²) in [4.78, 5) is 0. The summed E-state index contributed by atoms with van der Waals surface area (Å²) >= 11 is 0. The van der Waals surface area contributed by atoms with Crippen LogP contribution in [0.5, 0.6) is 0 Å². The molecule has 1 rings (SSSR count). The van der Waals surface area contributed by atoms with Crippen LogP contribution in [0.15, 0.2) is 0 Å². The summed E-state index contributed by atoms with van der Waals surface area (Å²) in [5.41, 5.74) is 0. The summed E-state index contributed by atoms with van der Waals surface area (Å²) < 4.78 is 17.7. The van der Waals surface area contributed by atoms with Crippen LogP contribution < -0.4 is 0 Å². The van der Waals surface area contributed by atoms with Crippen molar-refractivity contribution < 1.29 is 13.9 Å². The highest BCUT2D eigenvalue weighted by Gasteiger charge is 2.42. The molecule has 17 heavy (non-hydrogen) atoms. The van der Waals surface area contributed by atoms with Crippen molar-refractivity contribution in [2.75, 3.05) is 6.61 Å². The largest absolute Gasteiger partial charge is 0.414 e. The van der Waals surface area contributed by atoms with E-state index in [0.29, 0.717) is 6.61 Å². The van der Waals surface area contributed by atoms with Gasteiger partial charge in [0.1, 0.15) is 6.10 Å². The minimum atomic E-state index is -1.68. The van der Waals surface area contributed by atoms with E-state index in [2.05, 4.69) is 40.8 Å². The van der Waals surface area contributed by atoms with Gasteiger partial charge in [0.25, 0.3) is 0 Å². The van der Waals surface area contributed by atoms with Crippen LogP contribution in [0.4, 0.5) is 0 Å². The average Bonchev–Trinajstić information content (AvgIpc) is 2.34. The van der Waals surface area contributed by atoms with Gasteiger partial charge in [-0.2, -0.15) is 0 Å². The molecule has 0 amide bonds. The molecule has 0 unspecified atom stereocenters. The van der Waals surface area contributed by atoms with Crippen LogP contribution in [-0.2, 0) is 13.9 Å². The predicted octanol–water partition coefficient (Wildman–Crippen LogP) is 3.55. The van der Waals surface area contributed by atoms with Crippen molar-refractivity contribution in [2.45, 2.75) is 77.7 Å². The van der Waals surface area contributed by atoms with Gasteiger partial charge in [-0.15, -0.1) is 0 Å². The fourth-order valence-corrected chi connectivity index (χ4v) is 2.70. The molecule has 4 heteroatoms. The lowest BCUT2D eigenvalue weighted by atomic mass is 10.2. The molecule has 0 aromatic rings. The number of hydrogen-bond acceptors (Lipinski definition) is 3. The van der Waals surface area contributed by atoms with Crippen molar-refractivity contribution in [1.29, 1.82) is 0 Å². The van der Waals surface area contributed by atoms with E-state index >= 15 is 0 Å². The van der Waals surface area contributed by atoms with Gasteiger partial charge in [-0.25, -0.2) is 0 Å². The number of rotatable bonds is 3. The Labute approximate surface area is 107 Å². The van der Waals surface area contributed by atoms with Gasteiger partial charge in [0.2, 0.25) is 0 Å². The zero-order chi connectivity index (χ0) is 13.5. The second-order valence-corrected chi connectivity index (χ2v) is 11.8. The van der Waals surface area contributed by atoms with E-state index in [1.807, 2.05) is 13.8 Å². The Morgan fingerprint density at radius 2 is 1.71 bits per heavy atom. The summed E-state index contributed by atoms with van der Waals surface area (Å²) in [6.07, 6.45) is 0.161. The topological polar surface area (TPSA) is 27.7 Å². The van der Waals surface area contributed by atoms with E-state index < -0.39 is 14.1 Å². The zero-order valence-corrected chi connectivity index (χ0v) is 13.6. The minimum absolute atomic E-state index is 0.0547. The summed E-state index contributed by atoms with van der Waals surface area (Å²) in [7, 11) is -1.68. The molecule has 3 nitrogen and oxygen atoms in total. The molecule has 0 radical (unpaired) electrons. The summed E-state index contributed by atoms with van der Waals surface area (Å²) in [5, 5.41) is 0.241. The lowest BCUT2D eigenvalue weighted by Gasteiger charge is -2.37. The summed E-state index contributed by atoms with van der Waals surface area (Å²) in [6.45, 7) is 17.9. The van der Waals surface area contributed by atoms with Crippen LogP contribution in [0.3, 0.4) is 0 Å². The first-order valence-corrected chi connectivity index (χ1v) is 9.35. The van der Waals surface area contributed by atoms with Gasteiger partial charge in [-0.3, -0.25) is 0 Å². The van der Waals surface area contributed by atoms with Crippen LogP contribution in [0, 0.1) is 0 Å². The quantitative estimate of drug-likeness (QED) is 0.726. The highest BCUT2D eigenvalue weighted by Crippen LogP contribution is 2.37. The van der Waals surface area contributed by atoms with Crippen LogP contribution >= 0.6 is 0 Å². The van der Waals surface area contributed by atoms with E-state index in [4.69, 9.17) is 13.9 Å². The van der Waals surface area contributed by atoms with Crippen molar-refractivity contribution in [3.63, 3.8) is 0 Å². The van der Waals surface area contributed by atoms with Gasteiger partial charge in [0, 0.05) is 0 Å². The van der Waals surface area contributed by atoms with Gasteiger partial charge in [0.15, 0.2) is 14.1 Å². The third kappa shape index (κ3) is 3.78. The molecule has 0 aromatic carbocycles. The van der Waals surface area contributed by atoms with E-state index in [9.17, 15) is 0 Å². The Kier molecular flexibility index (Phi) is 4.14. The van der Waals surface area contributed by atoms with Gasteiger partial charge < -0.3 is 13.9 Å². The SMILES string of the molecule is C[C@H]1OC(C)(C)O[C@H]1CO[Si](C)(C)C(C)(C)C. The van der Waals surface area contributed by atoms with Gasteiger partial charge in [0.05, 0.1) is 12.7 Å². The van der Waals surface area contributed by atoms with Gasteiger partial charge in [-0.1, -0.05) is 20.8 Å². The number of ether oxygens (including phenoxy) is 2. The lowest BCUT2D eigenvalue weighted by molar-refractivity contribution is -0.147. The second-order valence-electron chi connectivity index (χ2n) is 6.95. The molecular formula is C13H28O3Si. The highest BCUT2D eigenvalue weighted by molar-refractivity contribution is 6.74. The minimum Gasteiger partial charge on any atom is -0.414 e. The molecular weight excluding hydrogens is 232 g/mol. The first-order chi connectivity index (χ1) is 7.45. The highest BCUT2D eigenvalue weighted by atomic mass is 28.4. The van der Waals surface area contributed by atoms with Gasteiger partial charge >= 0.3 is 0 Å². The molecule has 0 aliphatic carbocycles. The molecule has 102 valence electrons. The molecule has 1 fully saturated rings. The lowest BCUT2D eigenvalue weighted by Crippen LogP contribution is -2.43. The molecule has 0 saturated carbocycles. The maximum atomic E-state index is 6.18. The average molecular weight is 260 g/mol. The molecule has 1 aliphatic heterocycles. The normalized spacial score (nSPS) is 29.6. The molecule has 1 aliphatic rings. The Bertz CT molecular complexity index is 268. The van der Waals surface area contributed by atoms with E-state index in [-0.39, 0.29) is 17.2 Å². The van der Waals surface area contributed by atoms with Crippen molar-refractivity contribution >= 4 is 8.32 Å². The number of hydrogen-bond donors (Lipinski definition) is 0. The summed E-state index contributed by atoms with van der Waals surface area (Å²) in [6, 6.07) is 0. The molecule has 0 spiro atoms. The van der Waals surface area contributed by atoms with Crippen molar-refractivity contribution in [3.05, 3.63) is 0 Å². The fraction of sp³-hybridized carbons (Fsp3) is 1.00. The molecule has 1 heterocycles. The molecule has 2 atom stereocenters. The molecule has 0 aromatic heterocycles. The molecule has 1 saturated heterocycles. The first kappa shape index (κ1) is 15.2. The van der Waals surface area contributed by atoms with E-state index in [1.165, 1.54) is 0 Å². The van der Waals surface area contributed by atoms with Crippen molar-refractivity contribution in [2.24, 2.45) is 0 Å². The maximum absolute atomic E-state index is 6.18. The maximum Gasteiger partial charge on any atom is 0.192 e. The third-order valence-corrected chi connectivity index (χ3v) is 8.34. The molecule has 0 N–H and O–H groups in total. The Morgan fingerprint density at radius 1 is 1.18 bits per heavy atom. The van der Waals surface area contributed by atoms with Crippen LogP contribution in [0.1, 0.15) is 41.5 Å². The van der Waals surface area contributed by atoms with Crippen LogP contribution in [-0.4, -0.2) is 32.9 Å². The Morgan fingerprint density at radius 3 is 2.06 bits per heavy atom. The zero-order valence-electron chi connectivity index (χ0n) is 12.6. The second kappa shape index (κ2) is 4.65. The van der Waals surface area contributed by atoms with Crippen molar-refractivity contribution in [3.8, 4) is 0 Å². The van der Waals surface area contributed by atoms with E-state index in [1.54, 1.807) is 0 Å². The van der Waals surface area contributed by atoms with Crippen LogP contribution in [0.2, 0.25) is 18.1 Å². The predicted molar refractivity (Wildman–Crippen MR) is 72.6 cm³/mol.